The topological polar surface area (TPSA) is 78.9 Å². The lowest BCUT2D eigenvalue weighted by Crippen LogP contribution is -2.30. The van der Waals surface area contributed by atoms with Gasteiger partial charge in [0.05, 0.1) is 6.42 Å². The highest BCUT2D eigenvalue weighted by molar-refractivity contribution is 5.72. The molecule has 0 saturated heterocycles. The number of carbonyl (C=O) groups excluding carboxylic acids is 3. The Morgan fingerprint density at radius 1 is 0.415 bits per heavy atom. The average molecular weight is 735 g/mol. The van der Waals surface area contributed by atoms with Gasteiger partial charge in [-0.15, -0.1) is 0 Å². The van der Waals surface area contributed by atoms with Gasteiger partial charge in [-0.25, -0.2) is 0 Å². The fourth-order valence-electron chi connectivity index (χ4n) is 5.07. The van der Waals surface area contributed by atoms with Crippen molar-refractivity contribution < 1.29 is 28.6 Å². The Bertz CT molecular complexity index is 1120. The van der Waals surface area contributed by atoms with Gasteiger partial charge in [0.2, 0.25) is 0 Å². The lowest BCUT2D eigenvalue weighted by atomic mass is 10.1. The first-order valence-corrected chi connectivity index (χ1v) is 20.7. The summed E-state index contributed by atoms with van der Waals surface area (Å²) in [7, 11) is 0. The number of carbonyl (C=O) groups is 3. The van der Waals surface area contributed by atoms with E-state index in [1.165, 1.54) is 38.5 Å². The van der Waals surface area contributed by atoms with Gasteiger partial charge in [-0.2, -0.15) is 0 Å². The molecule has 0 bridgehead atoms. The van der Waals surface area contributed by atoms with Crippen molar-refractivity contribution in [1.29, 1.82) is 0 Å². The van der Waals surface area contributed by atoms with E-state index in [2.05, 4.69) is 106 Å². The lowest BCUT2D eigenvalue weighted by Gasteiger charge is -2.18. The molecule has 0 aromatic carbocycles. The normalized spacial score (nSPS) is 13.0. The van der Waals surface area contributed by atoms with Crippen LogP contribution in [0.2, 0.25) is 0 Å². The van der Waals surface area contributed by atoms with E-state index in [-0.39, 0.29) is 38.0 Å². The van der Waals surface area contributed by atoms with Crippen LogP contribution in [0, 0.1) is 0 Å². The Morgan fingerprint density at radius 3 is 1.25 bits per heavy atom. The summed E-state index contributed by atoms with van der Waals surface area (Å²) in [5.74, 6) is -1.14. The smallest absolute Gasteiger partial charge is 0.310 e. The van der Waals surface area contributed by atoms with Crippen molar-refractivity contribution in [3.8, 4) is 0 Å². The Morgan fingerprint density at radius 2 is 0.792 bits per heavy atom. The summed E-state index contributed by atoms with van der Waals surface area (Å²) < 4.78 is 16.4. The maximum absolute atomic E-state index is 12.5. The number of hydrogen-bond donors (Lipinski definition) is 0. The first-order chi connectivity index (χ1) is 26.0. The molecule has 6 heteroatoms. The highest BCUT2D eigenvalue weighted by Gasteiger charge is 2.19. The predicted molar refractivity (Wildman–Crippen MR) is 224 cm³/mol. The van der Waals surface area contributed by atoms with E-state index in [1.807, 2.05) is 6.08 Å². The van der Waals surface area contributed by atoms with Gasteiger partial charge in [0, 0.05) is 12.8 Å². The van der Waals surface area contributed by atoms with Crippen molar-refractivity contribution in [1.82, 2.24) is 0 Å². The van der Waals surface area contributed by atoms with Crippen LogP contribution in [0.4, 0.5) is 0 Å². The van der Waals surface area contributed by atoms with Crippen molar-refractivity contribution >= 4 is 17.9 Å². The van der Waals surface area contributed by atoms with Gasteiger partial charge in [0.1, 0.15) is 13.2 Å². The molecule has 0 rings (SSSR count). The molecule has 0 radical (unpaired) electrons. The first kappa shape index (κ1) is 49.3. The summed E-state index contributed by atoms with van der Waals surface area (Å²) in [6, 6.07) is 0. The third-order valence-electron chi connectivity index (χ3n) is 8.12. The van der Waals surface area contributed by atoms with Crippen molar-refractivity contribution in [3.05, 3.63) is 97.2 Å². The van der Waals surface area contributed by atoms with Crippen molar-refractivity contribution in [2.24, 2.45) is 0 Å². The van der Waals surface area contributed by atoms with E-state index in [0.29, 0.717) is 12.8 Å². The van der Waals surface area contributed by atoms with E-state index >= 15 is 0 Å². The van der Waals surface area contributed by atoms with Crippen LogP contribution in [0.5, 0.6) is 0 Å². The molecule has 53 heavy (non-hydrogen) atoms. The molecule has 0 heterocycles. The SMILES string of the molecule is CC/C=C\C/C=C\C/C=C\C/C=C\C/C=C\CCCC(=O)OCC(COC(=O)CCCCCCCCCCC)OC(=O)C/C=C\C/C=C\C/C=C\CC. The largest absolute Gasteiger partial charge is 0.462 e. The van der Waals surface area contributed by atoms with Gasteiger partial charge in [0.25, 0.3) is 0 Å². The lowest BCUT2D eigenvalue weighted by molar-refractivity contribution is -0.166. The third-order valence-corrected chi connectivity index (χ3v) is 8.12. The number of esters is 3. The molecule has 1 unspecified atom stereocenters. The second kappa shape index (κ2) is 41.1. The quantitative estimate of drug-likeness (QED) is 0.0279. The third kappa shape index (κ3) is 39.4. The minimum absolute atomic E-state index is 0.0909. The van der Waals surface area contributed by atoms with E-state index in [4.69, 9.17) is 14.2 Å². The van der Waals surface area contributed by atoms with Crippen LogP contribution < -0.4 is 0 Å². The highest BCUT2D eigenvalue weighted by Crippen LogP contribution is 2.11. The summed E-state index contributed by atoms with van der Waals surface area (Å²) in [6.45, 7) is 6.20. The molecule has 0 spiro atoms. The van der Waals surface area contributed by atoms with Gasteiger partial charge < -0.3 is 14.2 Å². The molecule has 0 saturated carbocycles. The van der Waals surface area contributed by atoms with Crippen molar-refractivity contribution in [2.75, 3.05) is 13.2 Å². The molecular weight excluding hydrogens is 661 g/mol. The van der Waals surface area contributed by atoms with Crippen LogP contribution in [0.1, 0.15) is 162 Å². The van der Waals surface area contributed by atoms with Gasteiger partial charge in [-0.3, -0.25) is 14.4 Å². The predicted octanol–water partition coefficient (Wildman–Crippen LogP) is 13.1. The monoisotopic (exact) mass is 735 g/mol. The van der Waals surface area contributed by atoms with Gasteiger partial charge in [0.15, 0.2) is 6.10 Å². The zero-order valence-corrected chi connectivity index (χ0v) is 33.7. The molecule has 0 aromatic heterocycles. The van der Waals surface area contributed by atoms with E-state index in [0.717, 1.165) is 77.0 Å². The van der Waals surface area contributed by atoms with E-state index in [1.54, 1.807) is 6.08 Å². The zero-order valence-electron chi connectivity index (χ0n) is 33.7. The fraction of sp³-hybridized carbons (Fsp3) is 0.596. The number of hydrogen-bond acceptors (Lipinski definition) is 6. The van der Waals surface area contributed by atoms with Gasteiger partial charge >= 0.3 is 17.9 Å². The zero-order chi connectivity index (χ0) is 38.7. The van der Waals surface area contributed by atoms with Crippen molar-refractivity contribution in [2.45, 2.75) is 168 Å². The van der Waals surface area contributed by atoms with Crippen LogP contribution in [-0.4, -0.2) is 37.2 Å². The molecule has 6 nitrogen and oxygen atoms in total. The minimum atomic E-state index is -0.844. The molecule has 0 aliphatic carbocycles. The molecule has 298 valence electrons. The highest BCUT2D eigenvalue weighted by atomic mass is 16.6. The summed E-state index contributed by atoms with van der Waals surface area (Å²) in [4.78, 5) is 37.4. The number of unbranched alkanes of at least 4 members (excludes halogenated alkanes) is 9. The molecular formula is C47H74O6. The van der Waals surface area contributed by atoms with Gasteiger partial charge in [-0.1, -0.05) is 169 Å². The molecule has 0 aliphatic rings. The molecule has 0 fully saturated rings. The fourth-order valence-corrected chi connectivity index (χ4v) is 5.07. The average Bonchev–Trinajstić information content (AvgIpc) is 3.15. The summed E-state index contributed by atoms with van der Waals surface area (Å²) in [5, 5.41) is 0. The minimum Gasteiger partial charge on any atom is -0.462 e. The van der Waals surface area contributed by atoms with Crippen molar-refractivity contribution in [3.63, 3.8) is 0 Å². The second-order valence-corrected chi connectivity index (χ2v) is 13.2. The Balaban J connectivity index is 4.52. The maximum atomic E-state index is 12.5. The Kier molecular flexibility index (Phi) is 38.2. The van der Waals surface area contributed by atoms with Crippen LogP contribution in [0.15, 0.2) is 97.2 Å². The molecule has 0 amide bonds. The van der Waals surface area contributed by atoms with Gasteiger partial charge in [-0.05, 0) is 70.6 Å². The second-order valence-electron chi connectivity index (χ2n) is 13.2. The Hall–Kier alpha value is -3.67. The molecule has 1 atom stereocenters. The molecule has 0 N–H and O–H groups in total. The summed E-state index contributed by atoms with van der Waals surface area (Å²) in [5.41, 5.74) is 0. The summed E-state index contributed by atoms with van der Waals surface area (Å²) in [6.07, 6.45) is 52.9. The maximum Gasteiger partial charge on any atom is 0.310 e. The van der Waals surface area contributed by atoms with Crippen LogP contribution >= 0.6 is 0 Å². The first-order valence-electron chi connectivity index (χ1n) is 20.7. The van der Waals surface area contributed by atoms with Crippen LogP contribution in [0.3, 0.4) is 0 Å². The summed E-state index contributed by atoms with van der Waals surface area (Å²) >= 11 is 0. The van der Waals surface area contributed by atoms with Crippen LogP contribution in [0.25, 0.3) is 0 Å². The Labute approximate surface area is 324 Å². The molecule has 0 aliphatic heterocycles. The van der Waals surface area contributed by atoms with Crippen LogP contribution in [-0.2, 0) is 28.6 Å². The number of allylic oxidation sites excluding steroid dienone is 15. The standard InChI is InChI=1S/C47H74O6/c1-4-7-10-13-16-19-20-21-22-23-24-25-26-29-31-34-37-40-46(49)52-43-44(53-47(50)41-38-35-32-28-18-15-12-9-6-3)42-51-45(48)39-36-33-30-27-17-14-11-8-5-2/h7,9-10,12,16,18-19,21-22,24-25,28-29,31,35,38,44H,4-6,8,11,13-15,17,20,23,26-27,30,32-34,36-37,39-43H2,1-3H3/b10-7-,12-9-,19-16-,22-21-,25-24-,28-18-,31-29-,38-35-. The van der Waals surface area contributed by atoms with E-state index < -0.39 is 12.1 Å². The number of rotatable bonds is 35. The number of ether oxygens (including phenoxy) is 3. The molecule has 0 aromatic rings. The van der Waals surface area contributed by atoms with E-state index in [9.17, 15) is 14.4 Å².